The molecule has 7 rings (SSSR count). The van der Waals surface area contributed by atoms with E-state index in [1.54, 1.807) is 72.8 Å². The average molecular weight is 901 g/mol. The molecule has 1 aromatic heterocycles. The second kappa shape index (κ2) is 21.9. The van der Waals surface area contributed by atoms with Gasteiger partial charge in [-0.3, -0.25) is 0 Å². The Labute approximate surface area is 392 Å². The van der Waals surface area contributed by atoms with Gasteiger partial charge in [0.1, 0.15) is 18.3 Å². The molecule has 3 aliphatic carbocycles. The van der Waals surface area contributed by atoms with Crippen LogP contribution in [0.1, 0.15) is 151 Å². The maximum absolute atomic E-state index is 13.3. The van der Waals surface area contributed by atoms with Gasteiger partial charge in [-0.05, 0) is 165 Å². The molecule has 12 nitrogen and oxygen atoms in total. The maximum Gasteiger partial charge on any atom is 0.338 e. The highest BCUT2D eigenvalue weighted by molar-refractivity contribution is 5.91. The topological polar surface area (TPSA) is 154 Å². The molecule has 1 heterocycles. The van der Waals surface area contributed by atoms with Crippen molar-refractivity contribution in [3.63, 3.8) is 0 Å². The molecule has 3 saturated carbocycles. The van der Waals surface area contributed by atoms with Crippen molar-refractivity contribution in [1.82, 2.24) is 15.0 Å². The fourth-order valence-corrected chi connectivity index (χ4v) is 10.4. The molecule has 4 aromatic rings. The van der Waals surface area contributed by atoms with Crippen LogP contribution < -0.4 is 16.0 Å². The van der Waals surface area contributed by atoms with Crippen molar-refractivity contribution >= 4 is 52.8 Å². The molecule has 0 bridgehead atoms. The zero-order valence-electron chi connectivity index (χ0n) is 40.5. The van der Waals surface area contributed by atoms with Crippen molar-refractivity contribution in [3.8, 4) is 0 Å². The predicted molar refractivity (Wildman–Crippen MR) is 261 cm³/mol. The number of anilines is 6. The molecular weight excluding hydrogens is 829 g/mol. The molecule has 12 heteroatoms. The van der Waals surface area contributed by atoms with E-state index in [1.165, 1.54) is 0 Å². The summed E-state index contributed by atoms with van der Waals surface area (Å²) in [5.41, 5.74) is 3.40. The van der Waals surface area contributed by atoms with Crippen molar-refractivity contribution in [2.75, 3.05) is 16.0 Å². The third kappa shape index (κ3) is 12.7. The number of aromatic nitrogens is 3. The molecule has 0 saturated heterocycles. The van der Waals surface area contributed by atoms with E-state index in [2.05, 4.69) is 93.2 Å². The Kier molecular flexibility index (Phi) is 16.0. The minimum absolute atomic E-state index is 0.0953. The van der Waals surface area contributed by atoms with Gasteiger partial charge >= 0.3 is 17.9 Å². The van der Waals surface area contributed by atoms with Crippen molar-refractivity contribution in [1.29, 1.82) is 0 Å². The minimum Gasteiger partial charge on any atom is -0.458 e. The summed E-state index contributed by atoms with van der Waals surface area (Å²) in [6.45, 7) is 19.9. The van der Waals surface area contributed by atoms with Gasteiger partial charge in [0, 0.05) is 17.1 Å². The molecule has 3 aliphatic rings. The molecule has 3 aromatic carbocycles. The lowest BCUT2D eigenvalue weighted by atomic mass is 9.75. The highest BCUT2D eigenvalue weighted by Gasteiger charge is 2.36. The molecule has 9 unspecified atom stereocenters. The van der Waals surface area contributed by atoms with Gasteiger partial charge in [0.15, 0.2) is 0 Å². The summed E-state index contributed by atoms with van der Waals surface area (Å²) in [7, 11) is 0. The predicted octanol–water partition coefficient (Wildman–Crippen LogP) is 13.0. The van der Waals surface area contributed by atoms with Crippen LogP contribution in [0, 0.1) is 53.3 Å². The van der Waals surface area contributed by atoms with Crippen LogP contribution >= 0.6 is 0 Å². The van der Waals surface area contributed by atoms with Crippen LogP contribution in [0.5, 0.6) is 0 Å². The third-order valence-corrected chi connectivity index (χ3v) is 14.4. The van der Waals surface area contributed by atoms with E-state index in [4.69, 9.17) is 14.2 Å². The number of hydrogen-bond acceptors (Lipinski definition) is 12. The zero-order chi connectivity index (χ0) is 47.1. The fourth-order valence-electron chi connectivity index (χ4n) is 10.4. The Morgan fingerprint density at radius 1 is 0.424 bits per heavy atom. The molecule has 0 amide bonds. The minimum atomic E-state index is -0.324. The molecule has 354 valence electrons. The second-order valence-corrected chi connectivity index (χ2v) is 20.7. The number of hydrogen-bond donors (Lipinski definition) is 3. The maximum atomic E-state index is 13.3. The number of rotatable bonds is 15. The highest BCUT2D eigenvalue weighted by atomic mass is 16.6. The lowest BCUT2D eigenvalue weighted by molar-refractivity contribution is -0.0181. The number of nitrogens with one attached hydrogen (secondary N) is 3. The quantitative estimate of drug-likeness (QED) is 0.0768. The summed E-state index contributed by atoms with van der Waals surface area (Å²) in [5, 5.41) is 9.81. The van der Waals surface area contributed by atoms with Crippen LogP contribution in [0.3, 0.4) is 0 Å². The fraction of sp³-hybridized carbons (Fsp3) is 0.556. The standard InChI is InChI=1S/C54H72N6O6/c1-31(2)43-25-10-34(7)28-46(43)64-49(61)37-13-19-40(20-14-37)55-52-58-53(56-41-21-15-38(16-22-41)50(62)65-47-29-35(8)11-26-44(47)32(3)4)60-54(59-52)57-42-23-17-39(18-24-42)51(63)66-48-30-36(9)12-27-45(48)33(5)6/h13-24,31-36,43-48H,10-12,25-30H2,1-9H3,(H3,55,56,57,58,59,60). The second-order valence-electron chi connectivity index (χ2n) is 20.7. The first-order valence-electron chi connectivity index (χ1n) is 24.6. The largest absolute Gasteiger partial charge is 0.458 e. The van der Waals surface area contributed by atoms with Crippen LogP contribution in [-0.4, -0.2) is 51.2 Å². The van der Waals surface area contributed by atoms with Crippen LogP contribution in [0.2, 0.25) is 0 Å². The van der Waals surface area contributed by atoms with Crippen LogP contribution in [0.4, 0.5) is 34.9 Å². The van der Waals surface area contributed by atoms with Gasteiger partial charge in [0.05, 0.1) is 16.7 Å². The van der Waals surface area contributed by atoms with E-state index in [-0.39, 0.29) is 54.1 Å². The Morgan fingerprint density at radius 3 is 0.894 bits per heavy atom. The number of benzene rings is 3. The summed E-state index contributed by atoms with van der Waals surface area (Å²) in [6, 6.07) is 21.3. The van der Waals surface area contributed by atoms with Gasteiger partial charge in [-0.25, -0.2) is 14.4 Å². The number of nitrogens with zero attached hydrogens (tertiary/aromatic N) is 3. The molecule has 9 atom stereocenters. The molecular formula is C54H72N6O6. The van der Waals surface area contributed by atoms with Gasteiger partial charge in [0.2, 0.25) is 17.8 Å². The van der Waals surface area contributed by atoms with Crippen LogP contribution in [0.25, 0.3) is 0 Å². The smallest absolute Gasteiger partial charge is 0.338 e. The number of ether oxygens (including phenoxy) is 3. The summed E-state index contributed by atoms with van der Waals surface area (Å²) in [5.74, 6) is 3.69. The van der Waals surface area contributed by atoms with E-state index in [1.807, 2.05) is 0 Å². The van der Waals surface area contributed by atoms with Crippen molar-refractivity contribution < 1.29 is 28.6 Å². The van der Waals surface area contributed by atoms with Gasteiger partial charge in [0.25, 0.3) is 0 Å². The SMILES string of the molecule is CC1CCC(C(C)C)C(OC(=O)c2ccc(Nc3nc(Nc4ccc(C(=O)OC5CC(C)CCC5C(C)C)cc4)nc(Nc4ccc(C(=O)OC5CC(C)CCC5C(C)C)cc4)n3)cc2)C1. The Bertz CT molecular complexity index is 1980. The van der Waals surface area contributed by atoms with Gasteiger partial charge < -0.3 is 30.2 Å². The number of carbonyl (C=O) groups excluding carboxylic acids is 3. The van der Waals surface area contributed by atoms with Gasteiger partial charge in [-0.2, -0.15) is 15.0 Å². The first-order valence-corrected chi connectivity index (χ1v) is 24.6. The summed E-state index contributed by atoms with van der Waals surface area (Å²) < 4.78 is 18.3. The molecule has 66 heavy (non-hydrogen) atoms. The number of carbonyl (C=O) groups is 3. The lowest BCUT2D eigenvalue weighted by Gasteiger charge is -2.36. The van der Waals surface area contributed by atoms with E-state index in [9.17, 15) is 14.4 Å². The van der Waals surface area contributed by atoms with Crippen LogP contribution in [-0.2, 0) is 14.2 Å². The van der Waals surface area contributed by atoms with Crippen LogP contribution in [0.15, 0.2) is 72.8 Å². The molecule has 3 fully saturated rings. The third-order valence-electron chi connectivity index (χ3n) is 14.4. The Hall–Kier alpha value is -5.52. The zero-order valence-corrected chi connectivity index (χ0v) is 40.5. The molecule has 0 spiro atoms. The first-order chi connectivity index (χ1) is 31.6. The highest BCUT2D eigenvalue weighted by Crippen LogP contribution is 2.38. The number of esters is 3. The molecule has 0 aliphatic heterocycles. The summed E-state index contributed by atoms with van der Waals surface area (Å²) in [4.78, 5) is 54.1. The van der Waals surface area contributed by atoms with E-state index >= 15 is 0 Å². The summed E-state index contributed by atoms with van der Waals surface area (Å²) in [6.07, 6.45) is 9.03. The van der Waals surface area contributed by atoms with Crippen molar-refractivity contribution in [2.24, 2.45) is 53.3 Å². The normalized spacial score (nSPS) is 25.5. The van der Waals surface area contributed by atoms with Gasteiger partial charge in [-0.1, -0.05) is 81.6 Å². The monoisotopic (exact) mass is 901 g/mol. The lowest BCUT2D eigenvalue weighted by Crippen LogP contribution is -2.35. The summed E-state index contributed by atoms with van der Waals surface area (Å²) >= 11 is 0. The molecule has 0 radical (unpaired) electrons. The van der Waals surface area contributed by atoms with E-state index in [0.717, 1.165) is 57.8 Å². The first kappa shape index (κ1) is 48.4. The van der Waals surface area contributed by atoms with E-state index in [0.29, 0.717) is 87.0 Å². The Balaban J connectivity index is 1.07. The van der Waals surface area contributed by atoms with Crippen molar-refractivity contribution in [3.05, 3.63) is 89.5 Å². The van der Waals surface area contributed by atoms with E-state index < -0.39 is 0 Å². The average Bonchev–Trinajstić information content (AvgIpc) is 3.27. The Morgan fingerprint density at radius 2 is 0.667 bits per heavy atom. The van der Waals surface area contributed by atoms with Gasteiger partial charge in [-0.15, -0.1) is 0 Å². The van der Waals surface area contributed by atoms with Crippen molar-refractivity contribution in [2.45, 2.75) is 138 Å². The molecule has 3 N–H and O–H groups in total.